The second-order valence-corrected chi connectivity index (χ2v) is 10.2. The van der Waals surface area contributed by atoms with E-state index < -0.39 is 47.1 Å². The normalized spacial score (nSPS) is 12.5. The number of aromatic nitrogens is 3. The van der Waals surface area contributed by atoms with Gasteiger partial charge in [0.1, 0.15) is 23.2 Å². The maximum absolute atomic E-state index is 14.7. The summed E-state index contributed by atoms with van der Waals surface area (Å²) in [6.07, 6.45) is -3.82. The highest BCUT2D eigenvalue weighted by molar-refractivity contribution is 6.03. The predicted octanol–water partition coefficient (Wildman–Crippen LogP) is 5.78. The molecule has 4 rings (SSSR count). The van der Waals surface area contributed by atoms with E-state index in [1.165, 1.54) is 42.7 Å². The number of anilines is 1. The number of nitrogens with zero attached hydrogens (tertiary/aromatic N) is 3. The van der Waals surface area contributed by atoms with Gasteiger partial charge in [0.15, 0.2) is 5.69 Å². The van der Waals surface area contributed by atoms with Crippen molar-refractivity contribution < 1.29 is 37.0 Å². The van der Waals surface area contributed by atoms with Crippen LogP contribution in [0.5, 0.6) is 0 Å². The molecule has 4 aromatic rings. The Morgan fingerprint density at radius 2 is 1.71 bits per heavy atom. The van der Waals surface area contributed by atoms with Crippen molar-refractivity contribution in [1.29, 1.82) is 0 Å². The van der Waals surface area contributed by atoms with Crippen LogP contribution < -0.4 is 10.6 Å². The maximum Gasteiger partial charge on any atom is 0.435 e. The molecule has 2 heterocycles. The molecular weight excluding hydrogens is 558 g/mol. The fourth-order valence-corrected chi connectivity index (χ4v) is 3.90. The van der Waals surface area contributed by atoms with E-state index in [2.05, 4.69) is 20.7 Å². The van der Waals surface area contributed by atoms with E-state index in [-0.39, 0.29) is 23.5 Å². The molecule has 0 saturated heterocycles. The topological polar surface area (TPSA) is 118 Å². The van der Waals surface area contributed by atoms with Crippen molar-refractivity contribution >= 4 is 17.7 Å². The van der Waals surface area contributed by atoms with Crippen molar-refractivity contribution in [3.8, 4) is 5.69 Å². The van der Waals surface area contributed by atoms with E-state index >= 15 is 0 Å². The van der Waals surface area contributed by atoms with Crippen LogP contribution in [0.15, 0.2) is 73.1 Å². The SMILES string of the molecule is CC(C)(C)OC(=O)NCc1cccc(-n2nc(C(F)(F)F)cc2C(=O)Nc2cc(C(O)c3ccncc3)ccc2F)c1. The average molecular weight is 586 g/mol. The van der Waals surface area contributed by atoms with Crippen LogP contribution in [-0.4, -0.2) is 37.5 Å². The number of alkyl halides is 3. The summed E-state index contributed by atoms with van der Waals surface area (Å²) in [6.45, 7) is 5.07. The van der Waals surface area contributed by atoms with Gasteiger partial charge in [0.2, 0.25) is 0 Å². The number of hydrogen-bond donors (Lipinski definition) is 3. The summed E-state index contributed by atoms with van der Waals surface area (Å²) in [5, 5.41) is 19.1. The van der Waals surface area contributed by atoms with E-state index in [4.69, 9.17) is 4.74 Å². The third kappa shape index (κ3) is 7.49. The smallest absolute Gasteiger partial charge is 0.435 e. The standard InChI is InChI=1S/C29H27F4N5O4/c1-28(2,3)42-27(41)35-16-17-5-4-6-20(13-17)38-23(15-24(37-38)29(31,32)33)26(40)36-22-14-19(7-8-21(22)30)25(39)18-9-11-34-12-10-18/h4-15,25,39H,16H2,1-3H3,(H,35,41)(H,36,40). The van der Waals surface area contributed by atoms with Crippen LogP contribution in [0.25, 0.3) is 5.69 Å². The Balaban J connectivity index is 1.62. The monoisotopic (exact) mass is 585 g/mol. The fourth-order valence-electron chi connectivity index (χ4n) is 3.90. The summed E-state index contributed by atoms with van der Waals surface area (Å²) in [5.74, 6) is -1.95. The van der Waals surface area contributed by atoms with Gasteiger partial charge in [-0.15, -0.1) is 0 Å². The summed E-state index contributed by atoms with van der Waals surface area (Å²) >= 11 is 0. The number of carbonyl (C=O) groups is 2. The number of benzene rings is 2. The van der Waals surface area contributed by atoms with Gasteiger partial charge in [-0.25, -0.2) is 13.9 Å². The molecule has 0 aliphatic rings. The van der Waals surface area contributed by atoms with Gasteiger partial charge in [-0.05, 0) is 73.9 Å². The molecule has 2 aromatic heterocycles. The van der Waals surface area contributed by atoms with Gasteiger partial charge in [-0.1, -0.05) is 18.2 Å². The number of nitrogens with one attached hydrogen (secondary N) is 2. The minimum atomic E-state index is -4.88. The number of amides is 2. The Labute approximate surface area is 238 Å². The minimum Gasteiger partial charge on any atom is -0.444 e. The molecule has 2 amide bonds. The van der Waals surface area contributed by atoms with Gasteiger partial charge in [0.25, 0.3) is 5.91 Å². The van der Waals surface area contributed by atoms with Crippen molar-refractivity contribution in [2.24, 2.45) is 0 Å². The summed E-state index contributed by atoms with van der Waals surface area (Å²) in [4.78, 5) is 29.1. The van der Waals surface area contributed by atoms with E-state index in [1.54, 1.807) is 39.0 Å². The summed E-state index contributed by atoms with van der Waals surface area (Å²) in [6, 6.07) is 13.2. The maximum atomic E-state index is 14.7. The molecule has 9 nitrogen and oxygen atoms in total. The molecule has 220 valence electrons. The molecule has 42 heavy (non-hydrogen) atoms. The molecule has 0 radical (unpaired) electrons. The molecule has 13 heteroatoms. The first-order chi connectivity index (χ1) is 19.7. The van der Waals surface area contributed by atoms with Crippen LogP contribution in [0, 0.1) is 5.82 Å². The van der Waals surface area contributed by atoms with Crippen molar-refractivity contribution in [3.63, 3.8) is 0 Å². The van der Waals surface area contributed by atoms with Crippen LogP contribution in [0.1, 0.15) is 59.7 Å². The Hall–Kier alpha value is -4.78. The van der Waals surface area contributed by atoms with Crippen LogP contribution >= 0.6 is 0 Å². The van der Waals surface area contributed by atoms with Gasteiger partial charge in [0.05, 0.1) is 11.4 Å². The number of carbonyl (C=O) groups excluding carboxylic acids is 2. The minimum absolute atomic E-state index is 0.0184. The van der Waals surface area contributed by atoms with Crippen molar-refractivity contribution in [2.45, 2.75) is 45.2 Å². The third-order valence-electron chi connectivity index (χ3n) is 5.80. The largest absolute Gasteiger partial charge is 0.444 e. The van der Waals surface area contributed by atoms with E-state index in [0.29, 0.717) is 17.2 Å². The molecule has 0 fully saturated rings. The second-order valence-electron chi connectivity index (χ2n) is 10.2. The quantitative estimate of drug-likeness (QED) is 0.237. The lowest BCUT2D eigenvalue weighted by atomic mass is 10.0. The average Bonchev–Trinajstić information content (AvgIpc) is 3.39. The molecule has 0 spiro atoms. The first kappa shape index (κ1) is 30.2. The number of alkyl carbamates (subject to hydrolysis) is 1. The number of ether oxygens (including phenoxy) is 1. The number of halogens is 4. The van der Waals surface area contributed by atoms with Gasteiger partial charge >= 0.3 is 12.3 Å². The lowest BCUT2D eigenvalue weighted by molar-refractivity contribution is -0.141. The van der Waals surface area contributed by atoms with Gasteiger partial charge in [-0.3, -0.25) is 9.78 Å². The van der Waals surface area contributed by atoms with Crippen LogP contribution in [0.4, 0.5) is 28.0 Å². The van der Waals surface area contributed by atoms with Crippen molar-refractivity contribution in [3.05, 3.63) is 107 Å². The third-order valence-corrected chi connectivity index (χ3v) is 5.80. The highest BCUT2D eigenvalue weighted by atomic mass is 19.4. The molecule has 3 N–H and O–H groups in total. The molecule has 1 atom stereocenters. The van der Waals surface area contributed by atoms with Gasteiger partial charge in [0, 0.05) is 25.0 Å². The zero-order valence-corrected chi connectivity index (χ0v) is 22.7. The number of aliphatic hydroxyl groups is 1. The number of hydrogen-bond acceptors (Lipinski definition) is 6. The van der Waals surface area contributed by atoms with E-state index in [0.717, 1.165) is 10.7 Å². The first-order valence-corrected chi connectivity index (χ1v) is 12.6. The Morgan fingerprint density at radius 1 is 1.00 bits per heavy atom. The van der Waals surface area contributed by atoms with Crippen molar-refractivity contribution in [1.82, 2.24) is 20.1 Å². The lowest BCUT2D eigenvalue weighted by Gasteiger charge is -2.19. The number of pyridine rings is 1. The van der Waals surface area contributed by atoms with Crippen LogP contribution in [0.2, 0.25) is 0 Å². The number of rotatable bonds is 7. The van der Waals surface area contributed by atoms with Crippen LogP contribution in [0.3, 0.4) is 0 Å². The van der Waals surface area contributed by atoms with E-state index in [9.17, 15) is 32.3 Å². The molecule has 0 aliphatic heterocycles. The Kier molecular flexibility index (Phi) is 8.62. The molecule has 0 saturated carbocycles. The first-order valence-electron chi connectivity index (χ1n) is 12.6. The highest BCUT2D eigenvalue weighted by Crippen LogP contribution is 2.31. The highest BCUT2D eigenvalue weighted by Gasteiger charge is 2.36. The fraction of sp³-hybridized carbons (Fsp3) is 0.241. The lowest BCUT2D eigenvalue weighted by Crippen LogP contribution is -2.32. The Morgan fingerprint density at radius 3 is 2.38 bits per heavy atom. The Bertz CT molecular complexity index is 1580. The molecule has 0 aliphatic carbocycles. The molecule has 0 bridgehead atoms. The van der Waals surface area contributed by atoms with Crippen molar-refractivity contribution in [2.75, 3.05) is 5.32 Å². The molecular formula is C29H27F4N5O4. The van der Waals surface area contributed by atoms with Gasteiger partial charge < -0.3 is 20.5 Å². The zero-order valence-electron chi connectivity index (χ0n) is 22.7. The molecule has 1 unspecified atom stereocenters. The van der Waals surface area contributed by atoms with Crippen LogP contribution in [-0.2, 0) is 17.5 Å². The number of aliphatic hydroxyl groups excluding tert-OH is 1. The molecule has 2 aromatic carbocycles. The summed E-state index contributed by atoms with van der Waals surface area (Å²) < 4.78 is 61.5. The second kappa shape index (κ2) is 12.0. The predicted molar refractivity (Wildman–Crippen MR) is 144 cm³/mol. The summed E-state index contributed by atoms with van der Waals surface area (Å²) in [7, 11) is 0. The van der Waals surface area contributed by atoms with E-state index in [1.807, 2.05) is 0 Å². The summed E-state index contributed by atoms with van der Waals surface area (Å²) in [5.41, 5.74) is -1.70. The zero-order chi connectivity index (χ0) is 30.7. The van der Waals surface area contributed by atoms with Gasteiger partial charge in [-0.2, -0.15) is 18.3 Å².